The van der Waals surface area contributed by atoms with Crippen LogP contribution in [0.4, 0.5) is 0 Å². The molecule has 1 aromatic rings. The fraction of sp³-hybridized carbons (Fsp3) is 0.625. The van der Waals surface area contributed by atoms with Gasteiger partial charge < -0.3 is 19.9 Å². The minimum atomic E-state index is -0.390. The normalized spacial score (nSPS) is 17.0. The van der Waals surface area contributed by atoms with E-state index in [-0.39, 0.29) is 0 Å². The van der Waals surface area contributed by atoms with Crippen LogP contribution in [0.5, 0.6) is 5.75 Å². The number of hydrogen-bond acceptors (Lipinski definition) is 3. The summed E-state index contributed by atoms with van der Waals surface area (Å²) in [6, 6.07) is 8.42. The van der Waals surface area contributed by atoms with E-state index in [9.17, 15) is 5.11 Å². The molecular weight excluding hydrogens is 334 g/mol. The minimum absolute atomic E-state index is 0.382. The molecule has 0 spiro atoms. The highest BCUT2D eigenvalue weighted by Gasteiger charge is 2.19. The molecule has 3 N–H and O–H groups in total. The molecule has 0 amide bonds. The molecule has 1 atom stereocenters. The lowest BCUT2D eigenvalue weighted by Gasteiger charge is -2.13. The molecule has 1 fully saturated rings. The van der Waals surface area contributed by atoms with Crippen molar-refractivity contribution in [2.45, 2.75) is 37.8 Å². The van der Waals surface area contributed by atoms with Crippen LogP contribution < -0.4 is 10.1 Å². The van der Waals surface area contributed by atoms with Crippen LogP contribution in [0.15, 0.2) is 28.7 Å². The standard InChI is InChI=1S/C16H24BrNO3/c17-13-5-7-16(8-6-13)21-10-9-20-12-15(19)11-18-14-3-1-2-4-14/h5-8,14-15,18-19H,1-4,9-12H2/p+1/t15-/m1/s1. The number of hydrogen-bond donors (Lipinski definition) is 2. The van der Waals surface area contributed by atoms with Crippen LogP contribution in [-0.2, 0) is 4.74 Å². The number of quaternary nitrogens is 1. The first-order chi connectivity index (χ1) is 10.2. The molecule has 5 heteroatoms. The fourth-order valence-electron chi connectivity index (χ4n) is 2.58. The Bertz CT molecular complexity index is 393. The van der Waals surface area contributed by atoms with Crippen molar-refractivity contribution in [2.75, 3.05) is 26.4 Å². The zero-order valence-electron chi connectivity index (χ0n) is 12.3. The van der Waals surface area contributed by atoms with Gasteiger partial charge in [-0.1, -0.05) is 15.9 Å². The Hall–Kier alpha value is -0.620. The largest absolute Gasteiger partial charge is 0.491 e. The van der Waals surface area contributed by atoms with Gasteiger partial charge in [-0.15, -0.1) is 0 Å². The average Bonchev–Trinajstić information content (AvgIpc) is 3.00. The van der Waals surface area contributed by atoms with Gasteiger partial charge in [0.05, 0.1) is 19.3 Å². The molecule has 21 heavy (non-hydrogen) atoms. The number of benzene rings is 1. The number of aliphatic hydroxyl groups is 1. The molecule has 118 valence electrons. The zero-order chi connectivity index (χ0) is 14.9. The van der Waals surface area contributed by atoms with Crippen LogP contribution in [0.1, 0.15) is 25.7 Å². The van der Waals surface area contributed by atoms with Crippen molar-refractivity contribution in [1.29, 1.82) is 0 Å². The van der Waals surface area contributed by atoms with E-state index in [1.165, 1.54) is 25.7 Å². The minimum Gasteiger partial charge on any atom is -0.491 e. The monoisotopic (exact) mass is 358 g/mol. The molecule has 1 saturated carbocycles. The fourth-order valence-corrected chi connectivity index (χ4v) is 2.84. The molecule has 0 radical (unpaired) electrons. The van der Waals surface area contributed by atoms with Crippen molar-refractivity contribution in [2.24, 2.45) is 0 Å². The molecule has 2 rings (SSSR count). The number of ether oxygens (including phenoxy) is 2. The summed E-state index contributed by atoms with van der Waals surface area (Å²) in [6.45, 7) is 2.11. The molecule has 1 aromatic carbocycles. The van der Waals surface area contributed by atoms with Gasteiger partial charge in [-0.3, -0.25) is 0 Å². The van der Waals surface area contributed by atoms with E-state index < -0.39 is 6.10 Å². The third kappa shape index (κ3) is 6.78. The molecule has 4 nitrogen and oxygen atoms in total. The second-order valence-corrected chi connectivity index (χ2v) is 6.46. The second kappa shape index (κ2) is 9.41. The molecule has 0 aliphatic heterocycles. The second-order valence-electron chi connectivity index (χ2n) is 5.55. The summed E-state index contributed by atoms with van der Waals surface area (Å²) in [5.74, 6) is 0.830. The molecule has 0 saturated heterocycles. The maximum absolute atomic E-state index is 9.85. The summed E-state index contributed by atoms with van der Waals surface area (Å²) in [5, 5.41) is 12.1. The first kappa shape index (κ1) is 16.7. The topological polar surface area (TPSA) is 55.3 Å². The first-order valence-corrected chi connectivity index (χ1v) is 8.51. The van der Waals surface area contributed by atoms with E-state index in [0.717, 1.165) is 16.8 Å². The van der Waals surface area contributed by atoms with E-state index >= 15 is 0 Å². The van der Waals surface area contributed by atoms with E-state index in [1.807, 2.05) is 24.3 Å². The quantitative estimate of drug-likeness (QED) is 0.660. The highest BCUT2D eigenvalue weighted by atomic mass is 79.9. The van der Waals surface area contributed by atoms with E-state index in [4.69, 9.17) is 9.47 Å². The Balaban J connectivity index is 1.47. The number of halogens is 1. The molecule has 0 heterocycles. The van der Waals surface area contributed by atoms with Crippen molar-refractivity contribution in [3.8, 4) is 5.75 Å². The lowest BCUT2D eigenvalue weighted by molar-refractivity contribution is -0.693. The van der Waals surface area contributed by atoms with Crippen molar-refractivity contribution in [1.82, 2.24) is 0 Å². The van der Waals surface area contributed by atoms with E-state index in [1.54, 1.807) is 0 Å². The average molecular weight is 359 g/mol. The third-order valence-electron chi connectivity index (χ3n) is 3.76. The Labute approximate surface area is 135 Å². The van der Waals surface area contributed by atoms with Crippen molar-refractivity contribution in [3.05, 3.63) is 28.7 Å². The summed E-state index contributed by atoms with van der Waals surface area (Å²) >= 11 is 3.38. The predicted molar refractivity (Wildman–Crippen MR) is 85.5 cm³/mol. The van der Waals surface area contributed by atoms with Crippen LogP contribution >= 0.6 is 15.9 Å². The van der Waals surface area contributed by atoms with Gasteiger partial charge in [-0.05, 0) is 49.9 Å². The first-order valence-electron chi connectivity index (χ1n) is 7.71. The van der Waals surface area contributed by atoms with Gasteiger partial charge in [0.2, 0.25) is 0 Å². The number of rotatable bonds is 9. The Morgan fingerprint density at radius 1 is 1.19 bits per heavy atom. The van der Waals surface area contributed by atoms with Gasteiger partial charge in [-0.25, -0.2) is 0 Å². The Morgan fingerprint density at radius 3 is 2.62 bits per heavy atom. The third-order valence-corrected chi connectivity index (χ3v) is 4.29. The number of aliphatic hydroxyl groups excluding tert-OH is 1. The summed E-state index contributed by atoms with van der Waals surface area (Å²) in [6.07, 6.45) is 4.85. The van der Waals surface area contributed by atoms with Gasteiger partial charge in [0.1, 0.15) is 25.0 Å². The predicted octanol–water partition coefficient (Wildman–Crippen LogP) is 1.71. The lowest BCUT2D eigenvalue weighted by atomic mass is 10.2. The summed E-state index contributed by atoms with van der Waals surface area (Å²) in [4.78, 5) is 0. The van der Waals surface area contributed by atoms with E-state index in [0.29, 0.717) is 25.9 Å². The maximum atomic E-state index is 9.85. The Kier molecular flexibility index (Phi) is 7.50. The Morgan fingerprint density at radius 2 is 1.90 bits per heavy atom. The van der Waals surface area contributed by atoms with Crippen molar-refractivity contribution in [3.63, 3.8) is 0 Å². The van der Waals surface area contributed by atoms with Crippen LogP contribution in [0, 0.1) is 0 Å². The van der Waals surface area contributed by atoms with Gasteiger partial charge in [-0.2, -0.15) is 0 Å². The van der Waals surface area contributed by atoms with Crippen LogP contribution in [0.3, 0.4) is 0 Å². The molecule has 1 aliphatic carbocycles. The zero-order valence-corrected chi connectivity index (χ0v) is 13.9. The molecule has 1 aliphatic rings. The van der Waals surface area contributed by atoms with Crippen molar-refractivity contribution >= 4 is 15.9 Å². The molecule has 0 unspecified atom stereocenters. The maximum Gasteiger partial charge on any atom is 0.126 e. The lowest BCUT2D eigenvalue weighted by Crippen LogP contribution is -2.91. The summed E-state index contributed by atoms with van der Waals surface area (Å²) in [5.41, 5.74) is 0. The molecule has 0 aromatic heterocycles. The van der Waals surface area contributed by atoms with Gasteiger partial charge in [0.25, 0.3) is 0 Å². The SMILES string of the molecule is O[C@H](C[NH2+]C1CCCC1)COCCOc1ccc(Br)cc1. The van der Waals surface area contributed by atoms with Crippen molar-refractivity contribution < 1.29 is 19.9 Å². The number of nitrogens with two attached hydrogens (primary N) is 1. The van der Waals surface area contributed by atoms with E-state index in [2.05, 4.69) is 21.2 Å². The van der Waals surface area contributed by atoms with Crippen LogP contribution in [0.2, 0.25) is 0 Å². The highest BCUT2D eigenvalue weighted by Crippen LogP contribution is 2.16. The highest BCUT2D eigenvalue weighted by molar-refractivity contribution is 9.10. The van der Waals surface area contributed by atoms with Gasteiger partial charge >= 0.3 is 0 Å². The smallest absolute Gasteiger partial charge is 0.126 e. The van der Waals surface area contributed by atoms with Crippen LogP contribution in [0.25, 0.3) is 0 Å². The molecule has 0 bridgehead atoms. The van der Waals surface area contributed by atoms with Gasteiger partial charge in [0.15, 0.2) is 0 Å². The summed E-state index contributed by atoms with van der Waals surface area (Å²) in [7, 11) is 0. The summed E-state index contributed by atoms with van der Waals surface area (Å²) < 4.78 is 12.0. The van der Waals surface area contributed by atoms with Gasteiger partial charge in [0, 0.05) is 4.47 Å². The van der Waals surface area contributed by atoms with Crippen LogP contribution in [-0.4, -0.2) is 43.6 Å². The molecular formula is C16H25BrNO3+.